The van der Waals surface area contributed by atoms with E-state index in [1.165, 1.54) is 19.3 Å². The van der Waals surface area contributed by atoms with Crippen molar-refractivity contribution >= 4 is 35.6 Å². The lowest BCUT2D eigenvalue weighted by Gasteiger charge is -2.22. The van der Waals surface area contributed by atoms with E-state index in [0.29, 0.717) is 0 Å². The van der Waals surface area contributed by atoms with Crippen molar-refractivity contribution in [1.29, 1.82) is 0 Å². The minimum Gasteiger partial charge on any atom is -0.481 e. The Bertz CT molecular complexity index is 857. The summed E-state index contributed by atoms with van der Waals surface area (Å²) in [4.78, 5) is 45.4. The summed E-state index contributed by atoms with van der Waals surface area (Å²) in [5.41, 5.74) is 5.38. The van der Waals surface area contributed by atoms with Crippen molar-refractivity contribution in [2.75, 3.05) is 5.75 Å². The molecule has 0 heterocycles. The van der Waals surface area contributed by atoms with Crippen molar-refractivity contribution in [2.24, 2.45) is 5.73 Å². The number of amides is 1. The number of hydrogen-bond acceptors (Lipinski definition) is 7. The molecular formula is C28H44N2O8S. The van der Waals surface area contributed by atoms with Crippen LogP contribution in [0.3, 0.4) is 0 Å². The number of rotatable bonds is 23. The van der Waals surface area contributed by atoms with Gasteiger partial charge >= 0.3 is 17.9 Å². The Morgan fingerprint density at radius 3 is 2.23 bits per heavy atom. The molecule has 0 aromatic rings. The summed E-state index contributed by atoms with van der Waals surface area (Å²) in [6.07, 6.45) is 19.9. The minimum absolute atomic E-state index is 0.0642. The highest BCUT2D eigenvalue weighted by atomic mass is 32.2. The molecule has 0 rings (SSSR count). The number of aliphatic hydroxyl groups excluding tert-OH is 1. The lowest BCUT2D eigenvalue weighted by atomic mass is 10.1. The first-order valence-corrected chi connectivity index (χ1v) is 14.3. The van der Waals surface area contributed by atoms with Gasteiger partial charge in [-0.05, 0) is 38.5 Å². The van der Waals surface area contributed by atoms with E-state index in [0.717, 1.165) is 24.6 Å². The molecule has 1 amide bonds. The van der Waals surface area contributed by atoms with E-state index in [1.807, 2.05) is 18.2 Å². The van der Waals surface area contributed by atoms with Gasteiger partial charge in [0.1, 0.15) is 12.1 Å². The lowest BCUT2D eigenvalue weighted by molar-refractivity contribution is -0.141. The number of carboxylic acid groups (broad SMARTS) is 3. The molecule has 10 nitrogen and oxygen atoms in total. The van der Waals surface area contributed by atoms with Crippen LogP contribution in [0.5, 0.6) is 0 Å². The van der Waals surface area contributed by atoms with Crippen molar-refractivity contribution in [1.82, 2.24) is 5.32 Å². The number of carbonyl (C=O) groups excluding carboxylic acids is 1. The largest absolute Gasteiger partial charge is 0.481 e. The Morgan fingerprint density at radius 2 is 1.59 bits per heavy atom. The Kier molecular flexibility index (Phi) is 21.3. The maximum absolute atomic E-state index is 12.1. The van der Waals surface area contributed by atoms with Crippen molar-refractivity contribution < 1.29 is 39.6 Å². The Hall–Kier alpha value is -2.89. The second-order valence-electron chi connectivity index (χ2n) is 8.99. The Morgan fingerprint density at radius 1 is 0.872 bits per heavy atom. The molecule has 0 saturated heterocycles. The first-order valence-electron chi connectivity index (χ1n) is 13.2. The molecule has 0 aliphatic heterocycles. The number of aliphatic carboxylic acids is 3. The fraction of sp³-hybridized carbons (Fsp3) is 0.571. The van der Waals surface area contributed by atoms with Crippen LogP contribution in [0.25, 0.3) is 0 Å². The number of allylic oxidation sites excluding steroid dienone is 7. The van der Waals surface area contributed by atoms with Crippen molar-refractivity contribution in [3.8, 4) is 0 Å². The minimum atomic E-state index is -1.27. The molecule has 0 fully saturated rings. The molecule has 39 heavy (non-hydrogen) atoms. The molecule has 7 N–H and O–H groups in total. The molecule has 0 spiro atoms. The van der Waals surface area contributed by atoms with E-state index < -0.39 is 47.3 Å². The third kappa shape index (κ3) is 20.7. The summed E-state index contributed by atoms with van der Waals surface area (Å²) in [5.74, 6) is -4.20. The Labute approximate surface area is 235 Å². The van der Waals surface area contributed by atoms with E-state index in [1.54, 1.807) is 18.2 Å². The van der Waals surface area contributed by atoms with E-state index >= 15 is 0 Å². The van der Waals surface area contributed by atoms with Crippen molar-refractivity contribution in [2.45, 2.75) is 94.6 Å². The third-order valence-corrected chi connectivity index (χ3v) is 6.92. The predicted molar refractivity (Wildman–Crippen MR) is 153 cm³/mol. The summed E-state index contributed by atoms with van der Waals surface area (Å²) in [7, 11) is 0. The number of unbranched alkanes of at least 4 members (excludes halogenated alkanes) is 3. The van der Waals surface area contributed by atoms with Gasteiger partial charge in [-0.15, -0.1) is 11.8 Å². The number of nitrogens with two attached hydrogens (primary N) is 1. The molecule has 4 atom stereocenters. The quantitative estimate of drug-likeness (QED) is 0.0603. The summed E-state index contributed by atoms with van der Waals surface area (Å²) in [6.45, 7) is 2.17. The fourth-order valence-electron chi connectivity index (χ4n) is 3.24. The summed E-state index contributed by atoms with van der Waals surface area (Å²) < 4.78 is 0. The van der Waals surface area contributed by atoms with Gasteiger partial charge in [0.15, 0.2) is 0 Å². The van der Waals surface area contributed by atoms with Crippen LogP contribution in [-0.2, 0) is 19.2 Å². The summed E-state index contributed by atoms with van der Waals surface area (Å²) in [6, 6.07) is -2.49. The van der Waals surface area contributed by atoms with Crippen LogP contribution >= 0.6 is 11.8 Å². The van der Waals surface area contributed by atoms with Gasteiger partial charge in [0.25, 0.3) is 0 Å². The number of thioether (sulfide) groups is 1. The Balaban J connectivity index is 5.01. The van der Waals surface area contributed by atoms with Gasteiger partial charge in [0, 0.05) is 23.8 Å². The highest BCUT2D eigenvalue weighted by Gasteiger charge is 2.25. The first kappa shape index (κ1) is 36.1. The number of nitrogens with one attached hydrogen (secondary N) is 1. The van der Waals surface area contributed by atoms with Crippen LogP contribution in [0.4, 0.5) is 0 Å². The number of aliphatic hydroxyl groups is 1. The second-order valence-corrected chi connectivity index (χ2v) is 10.2. The molecule has 0 aromatic carbocycles. The fourth-order valence-corrected chi connectivity index (χ4v) is 4.44. The molecule has 0 saturated carbocycles. The monoisotopic (exact) mass is 568 g/mol. The van der Waals surface area contributed by atoms with Crippen LogP contribution in [0, 0.1) is 0 Å². The van der Waals surface area contributed by atoms with E-state index in [2.05, 4.69) is 24.4 Å². The zero-order chi connectivity index (χ0) is 29.5. The molecule has 0 aromatic heterocycles. The SMILES string of the molecule is CCCCC/C=C\C/C=C/C=C/C=C/[C@@H](SC[C@@H](NC(=O)CC[C@H](N)C(=O)O)C(=O)O)[C@@H](O)CCCC(=O)O. The highest BCUT2D eigenvalue weighted by Crippen LogP contribution is 2.21. The molecule has 0 aliphatic carbocycles. The van der Waals surface area contributed by atoms with Gasteiger partial charge < -0.3 is 31.5 Å². The van der Waals surface area contributed by atoms with Gasteiger partial charge in [-0.3, -0.25) is 14.4 Å². The molecule has 11 heteroatoms. The first-order chi connectivity index (χ1) is 18.6. The standard InChI is InChI=1S/C28H44N2O8S/c1-2-3-4-5-6-7-8-9-10-11-12-13-16-24(23(31)15-14-17-26(33)34)39-20-22(28(37)38)30-25(32)19-18-21(29)27(35)36/h6-7,9-13,16,21-24,31H,2-5,8,14-15,17-20,29H2,1H3,(H,30,32)(H,33,34)(H,35,36)(H,37,38)/b7-6-,10-9+,12-11+,16-13+/t21-,22+,23-,24+/m0/s1. The van der Waals surface area contributed by atoms with Gasteiger partial charge in [-0.25, -0.2) is 4.79 Å². The van der Waals surface area contributed by atoms with Crippen molar-refractivity contribution in [3.63, 3.8) is 0 Å². The number of carbonyl (C=O) groups is 4. The van der Waals surface area contributed by atoms with Crippen LogP contribution < -0.4 is 11.1 Å². The van der Waals surface area contributed by atoms with Crippen LogP contribution in [0.2, 0.25) is 0 Å². The molecule has 0 radical (unpaired) electrons. The maximum Gasteiger partial charge on any atom is 0.327 e. The smallest absolute Gasteiger partial charge is 0.327 e. The van der Waals surface area contributed by atoms with Crippen LogP contribution in [0.1, 0.15) is 71.1 Å². The van der Waals surface area contributed by atoms with E-state index in [9.17, 15) is 29.4 Å². The summed E-state index contributed by atoms with van der Waals surface area (Å²) >= 11 is 1.12. The number of carboxylic acids is 3. The topological polar surface area (TPSA) is 187 Å². The molecule has 0 aliphatic rings. The zero-order valence-electron chi connectivity index (χ0n) is 22.6. The average molecular weight is 569 g/mol. The molecule has 220 valence electrons. The van der Waals surface area contributed by atoms with Gasteiger partial charge in [0.2, 0.25) is 5.91 Å². The average Bonchev–Trinajstić information content (AvgIpc) is 2.88. The van der Waals surface area contributed by atoms with Gasteiger partial charge in [-0.2, -0.15) is 0 Å². The van der Waals surface area contributed by atoms with Crippen molar-refractivity contribution in [3.05, 3.63) is 48.6 Å². The van der Waals surface area contributed by atoms with Crippen LogP contribution in [0.15, 0.2) is 48.6 Å². The van der Waals surface area contributed by atoms with Crippen LogP contribution in [-0.4, -0.2) is 73.4 Å². The van der Waals surface area contributed by atoms with E-state index in [-0.39, 0.29) is 37.9 Å². The normalized spacial score (nSPS) is 15.2. The molecule has 0 unspecified atom stereocenters. The van der Waals surface area contributed by atoms with Gasteiger partial charge in [-0.1, -0.05) is 68.4 Å². The maximum atomic E-state index is 12.1. The van der Waals surface area contributed by atoms with Gasteiger partial charge in [0.05, 0.1) is 6.10 Å². The molecular weight excluding hydrogens is 524 g/mol. The molecule has 0 bridgehead atoms. The predicted octanol–water partition coefficient (Wildman–Crippen LogP) is 3.66. The highest BCUT2D eigenvalue weighted by molar-refractivity contribution is 8.00. The zero-order valence-corrected chi connectivity index (χ0v) is 23.4. The van der Waals surface area contributed by atoms with E-state index in [4.69, 9.17) is 15.9 Å². The third-order valence-electron chi connectivity index (χ3n) is 5.54. The summed E-state index contributed by atoms with van der Waals surface area (Å²) in [5, 5.41) is 39.6. The second kappa shape index (κ2) is 23.0. The lowest BCUT2D eigenvalue weighted by Crippen LogP contribution is -2.44. The number of hydrogen-bond donors (Lipinski definition) is 6.